The number of anilines is 2. The molecule has 1 atom stereocenters. The lowest BCUT2D eigenvalue weighted by atomic mass is 10.1. The van der Waals surface area contributed by atoms with Gasteiger partial charge in [0.2, 0.25) is 0 Å². The largest absolute Gasteiger partial charge is 0.361 e. The van der Waals surface area contributed by atoms with Gasteiger partial charge in [0.1, 0.15) is 12.0 Å². The first-order valence-electron chi connectivity index (χ1n) is 8.43. The first kappa shape index (κ1) is 16.7. The molecule has 0 unspecified atom stereocenters. The SMILES string of the molecule is CSc1cccc(N[C@@H]2c3ccccc3C(=O)N2c2cc(C)ccn2)c1. The smallest absolute Gasteiger partial charge is 0.261 e. The van der Waals surface area contributed by atoms with Crippen LogP contribution in [-0.2, 0) is 0 Å². The summed E-state index contributed by atoms with van der Waals surface area (Å²) in [7, 11) is 0. The molecule has 5 heteroatoms. The first-order valence-corrected chi connectivity index (χ1v) is 9.65. The van der Waals surface area contributed by atoms with Crippen LogP contribution in [0.5, 0.6) is 0 Å². The summed E-state index contributed by atoms with van der Waals surface area (Å²) in [4.78, 5) is 20.4. The van der Waals surface area contributed by atoms with E-state index in [2.05, 4.69) is 28.7 Å². The summed E-state index contributed by atoms with van der Waals surface area (Å²) >= 11 is 1.69. The number of aryl methyl sites for hydroxylation is 1. The van der Waals surface area contributed by atoms with E-state index in [1.54, 1.807) is 22.9 Å². The normalized spacial score (nSPS) is 15.8. The monoisotopic (exact) mass is 361 g/mol. The van der Waals surface area contributed by atoms with Gasteiger partial charge in [-0.2, -0.15) is 0 Å². The zero-order valence-electron chi connectivity index (χ0n) is 14.6. The molecule has 0 spiro atoms. The molecule has 130 valence electrons. The number of carbonyl (C=O) groups excluding carboxylic acids is 1. The highest BCUT2D eigenvalue weighted by Gasteiger charge is 2.38. The van der Waals surface area contributed by atoms with Crippen LogP contribution in [0.15, 0.2) is 71.8 Å². The van der Waals surface area contributed by atoms with Crippen molar-refractivity contribution in [3.8, 4) is 0 Å². The summed E-state index contributed by atoms with van der Waals surface area (Å²) in [6.45, 7) is 2.00. The number of thioether (sulfide) groups is 1. The van der Waals surface area contributed by atoms with Crippen molar-refractivity contribution in [1.82, 2.24) is 4.98 Å². The van der Waals surface area contributed by atoms with Gasteiger partial charge in [0, 0.05) is 27.9 Å². The molecule has 4 nitrogen and oxygen atoms in total. The molecule has 1 aromatic heterocycles. The van der Waals surface area contributed by atoms with E-state index in [9.17, 15) is 4.79 Å². The number of nitrogens with zero attached hydrogens (tertiary/aromatic N) is 2. The van der Waals surface area contributed by atoms with E-state index in [-0.39, 0.29) is 12.1 Å². The second-order valence-electron chi connectivity index (χ2n) is 6.23. The van der Waals surface area contributed by atoms with Gasteiger partial charge < -0.3 is 5.32 Å². The number of amides is 1. The predicted molar refractivity (Wildman–Crippen MR) is 107 cm³/mol. The third kappa shape index (κ3) is 2.95. The van der Waals surface area contributed by atoms with Crippen LogP contribution in [-0.4, -0.2) is 17.1 Å². The number of fused-ring (bicyclic) bond motifs is 1. The van der Waals surface area contributed by atoms with Gasteiger partial charge in [-0.1, -0.05) is 24.3 Å². The summed E-state index contributed by atoms with van der Waals surface area (Å²) in [6.07, 6.45) is 3.51. The number of benzene rings is 2. The Bertz CT molecular complexity index is 973. The van der Waals surface area contributed by atoms with Crippen LogP contribution >= 0.6 is 11.8 Å². The Labute approximate surface area is 157 Å². The molecule has 0 bridgehead atoms. The van der Waals surface area contributed by atoms with Crippen LogP contribution in [0.3, 0.4) is 0 Å². The minimum absolute atomic E-state index is 0.0304. The molecular weight excluding hydrogens is 342 g/mol. The van der Waals surface area contributed by atoms with Gasteiger partial charge in [-0.25, -0.2) is 4.98 Å². The molecular formula is C21H19N3OS. The van der Waals surface area contributed by atoms with Crippen LogP contribution in [0.25, 0.3) is 0 Å². The number of nitrogens with one attached hydrogen (secondary N) is 1. The molecule has 1 N–H and O–H groups in total. The maximum atomic E-state index is 13.1. The average Bonchev–Trinajstić information content (AvgIpc) is 2.94. The molecule has 2 aromatic carbocycles. The Kier molecular flexibility index (Phi) is 4.39. The van der Waals surface area contributed by atoms with Crippen molar-refractivity contribution in [1.29, 1.82) is 0 Å². The molecule has 1 aliphatic heterocycles. The Hall–Kier alpha value is -2.79. The van der Waals surface area contributed by atoms with Gasteiger partial charge >= 0.3 is 0 Å². The highest BCUT2D eigenvalue weighted by molar-refractivity contribution is 7.98. The number of hydrogen-bond donors (Lipinski definition) is 1. The molecule has 0 aliphatic carbocycles. The van der Waals surface area contributed by atoms with Gasteiger partial charge in [-0.05, 0) is 55.1 Å². The highest BCUT2D eigenvalue weighted by Crippen LogP contribution is 2.37. The van der Waals surface area contributed by atoms with Crippen molar-refractivity contribution in [2.45, 2.75) is 18.0 Å². The fourth-order valence-electron chi connectivity index (χ4n) is 3.22. The van der Waals surface area contributed by atoms with Crippen LogP contribution in [0.2, 0.25) is 0 Å². The van der Waals surface area contributed by atoms with Gasteiger partial charge in [-0.3, -0.25) is 9.69 Å². The molecule has 0 saturated carbocycles. The first-order chi connectivity index (χ1) is 12.7. The third-order valence-electron chi connectivity index (χ3n) is 4.48. The second kappa shape index (κ2) is 6.84. The number of hydrogen-bond acceptors (Lipinski definition) is 4. The second-order valence-corrected chi connectivity index (χ2v) is 7.11. The van der Waals surface area contributed by atoms with E-state index in [1.807, 2.05) is 55.5 Å². The predicted octanol–water partition coefficient (Wildman–Crippen LogP) is 4.88. The van der Waals surface area contributed by atoms with Gasteiger partial charge in [0.25, 0.3) is 5.91 Å². The van der Waals surface area contributed by atoms with E-state index < -0.39 is 0 Å². The van der Waals surface area contributed by atoms with Gasteiger partial charge in [0.05, 0.1) is 0 Å². The molecule has 4 rings (SSSR count). The van der Waals surface area contributed by atoms with Crippen molar-refractivity contribution in [2.24, 2.45) is 0 Å². The molecule has 3 aromatic rings. The zero-order valence-corrected chi connectivity index (χ0v) is 15.5. The number of aromatic nitrogens is 1. The number of carbonyl (C=O) groups is 1. The van der Waals surface area contributed by atoms with Crippen LogP contribution in [0.1, 0.15) is 27.7 Å². The van der Waals surface area contributed by atoms with Crippen LogP contribution in [0.4, 0.5) is 11.5 Å². The van der Waals surface area contributed by atoms with E-state index in [1.165, 1.54) is 4.90 Å². The summed E-state index contributed by atoms with van der Waals surface area (Å²) in [6, 6.07) is 19.8. The van der Waals surface area contributed by atoms with Gasteiger partial charge in [-0.15, -0.1) is 11.8 Å². The molecule has 2 heterocycles. The Morgan fingerprint density at radius 1 is 1.08 bits per heavy atom. The van der Waals surface area contributed by atoms with E-state index >= 15 is 0 Å². The molecule has 0 radical (unpaired) electrons. The lowest BCUT2D eigenvalue weighted by Gasteiger charge is -2.26. The standard InChI is InChI=1S/C21H19N3OS/c1-14-10-11-22-19(12-14)24-20(17-8-3-4-9-18(17)21(24)25)23-15-6-5-7-16(13-15)26-2/h3-13,20,23H,1-2H3/t20-/m0/s1. The zero-order chi connectivity index (χ0) is 18.1. The fraction of sp³-hybridized carbons (Fsp3) is 0.143. The van der Waals surface area contributed by atoms with Crippen molar-refractivity contribution in [3.63, 3.8) is 0 Å². The molecule has 0 saturated heterocycles. The van der Waals surface area contributed by atoms with E-state index in [0.717, 1.165) is 16.8 Å². The summed E-state index contributed by atoms with van der Waals surface area (Å²) in [5.74, 6) is 0.627. The molecule has 1 amide bonds. The fourth-order valence-corrected chi connectivity index (χ4v) is 3.68. The topological polar surface area (TPSA) is 45.2 Å². The average molecular weight is 361 g/mol. The maximum Gasteiger partial charge on any atom is 0.261 e. The summed E-state index contributed by atoms with van der Waals surface area (Å²) in [5.41, 5.74) is 3.73. The highest BCUT2D eigenvalue weighted by atomic mass is 32.2. The lowest BCUT2D eigenvalue weighted by Crippen LogP contribution is -2.33. The Morgan fingerprint density at radius 2 is 1.92 bits per heavy atom. The van der Waals surface area contributed by atoms with Crippen molar-refractivity contribution < 1.29 is 4.79 Å². The maximum absolute atomic E-state index is 13.1. The summed E-state index contributed by atoms with van der Waals surface area (Å²) in [5, 5.41) is 3.52. The number of rotatable bonds is 4. The van der Waals surface area contributed by atoms with Crippen LogP contribution < -0.4 is 10.2 Å². The molecule has 0 fully saturated rings. The van der Waals surface area contributed by atoms with Crippen LogP contribution in [0, 0.1) is 6.92 Å². The minimum atomic E-state index is -0.287. The minimum Gasteiger partial charge on any atom is -0.361 e. The quantitative estimate of drug-likeness (QED) is 0.673. The summed E-state index contributed by atoms with van der Waals surface area (Å²) < 4.78 is 0. The molecule has 26 heavy (non-hydrogen) atoms. The van der Waals surface area contributed by atoms with E-state index in [4.69, 9.17) is 0 Å². The Balaban J connectivity index is 1.78. The third-order valence-corrected chi connectivity index (χ3v) is 5.21. The number of pyridine rings is 1. The van der Waals surface area contributed by atoms with Crippen molar-refractivity contribution in [3.05, 3.63) is 83.6 Å². The molecule has 1 aliphatic rings. The Morgan fingerprint density at radius 3 is 2.73 bits per heavy atom. The van der Waals surface area contributed by atoms with E-state index in [0.29, 0.717) is 11.4 Å². The van der Waals surface area contributed by atoms with Crippen molar-refractivity contribution in [2.75, 3.05) is 16.5 Å². The lowest BCUT2D eigenvalue weighted by molar-refractivity contribution is 0.0992. The van der Waals surface area contributed by atoms with Gasteiger partial charge in [0.15, 0.2) is 0 Å². The van der Waals surface area contributed by atoms with Crippen molar-refractivity contribution >= 4 is 29.2 Å².